The zero-order valence-electron chi connectivity index (χ0n) is 12.5. The molecule has 1 fully saturated rings. The maximum absolute atomic E-state index is 11.9. The van der Waals surface area contributed by atoms with E-state index in [0.29, 0.717) is 5.92 Å². The number of benzene rings is 1. The van der Waals surface area contributed by atoms with E-state index in [1.54, 1.807) is 0 Å². The number of carbonyl (C=O) groups is 1. The van der Waals surface area contributed by atoms with Gasteiger partial charge in [0, 0.05) is 13.5 Å². The molecule has 1 aromatic carbocycles. The van der Waals surface area contributed by atoms with Crippen LogP contribution in [0.4, 0.5) is 0 Å². The summed E-state index contributed by atoms with van der Waals surface area (Å²) in [6.07, 6.45) is 6.56. The third-order valence-corrected chi connectivity index (χ3v) is 3.59. The lowest BCUT2D eigenvalue weighted by Crippen LogP contribution is -2.30. The standard InChI is InChI=1S/C15H21NO.C2H6.H2/c1-12-7-9-14(10-8-12)15(17)16-11-13-5-3-2-4-6-13;1-2;/h7-10,13H,2-6,11H2,1H3,(H,16,17);1-2H3;1H. The molecule has 1 aromatic rings. The van der Waals surface area contributed by atoms with Crippen LogP contribution in [0, 0.1) is 12.8 Å². The second-order valence-corrected chi connectivity index (χ2v) is 5.08. The summed E-state index contributed by atoms with van der Waals surface area (Å²) in [6.45, 7) is 6.87. The second kappa shape index (κ2) is 8.73. The summed E-state index contributed by atoms with van der Waals surface area (Å²) < 4.78 is 0. The van der Waals surface area contributed by atoms with E-state index in [0.717, 1.165) is 12.1 Å². The van der Waals surface area contributed by atoms with Gasteiger partial charge < -0.3 is 5.32 Å². The van der Waals surface area contributed by atoms with Crippen molar-refractivity contribution in [2.45, 2.75) is 52.9 Å². The van der Waals surface area contributed by atoms with Gasteiger partial charge in [-0.1, -0.05) is 50.8 Å². The van der Waals surface area contributed by atoms with Crippen molar-refractivity contribution in [3.63, 3.8) is 0 Å². The number of hydrogen-bond donors (Lipinski definition) is 1. The molecular formula is C17H29NO. The van der Waals surface area contributed by atoms with Gasteiger partial charge in [0.25, 0.3) is 5.91 Å². The molecule has 108 valence electrons. The molecule has 0 bridgehead atoms. The highest BCUT2D eigenvalue weighted by Gasteiger charge is 2.14. The summed E-state index contributed by atoms with van der Waals surface area (Å²) in [4.78, 5) is 11.9. The summed E-state index contributed by atoms with van der Waals surface area (Å²) in [7, 11) is 0. The van der Waals surface area contributed by atoms with Gasteiger partial charge >= 0.3 is 0 Å². The van der Waals surface area contributed by atoms with Gasteiger partial charge in [0.15, 0.2) is 0 Å². The first-order valence-electron chi connectivity index (χ1n) is 7.60. The first-order chi connectivity index (χ1) is 9.25. The Morgan fingerprint density at radius 2 is 1.74 bits per heavy atom. The quantitative estimate of drug-likeness (QED) is 0.850. The maximum Gasteiger partial charge on any atom is 0.251 e. The molecule has 0 spiro atoms. The van der Waals surface area contributed by atoms with Crippen LogP contribution >= 0.6 is 0 Å². The van der Waals surface area contributed by atoms with E-state index in [4.69, 9.17) is 0 Å². The van der Waals surface area contributed by atoms with Gasteiger partial charge in [0.1, 0.15) is 0 Å². The van der Waals surface area contributed by atoms with E-state index in [1.165, 1.54) is 37.7 Å². The number of aryl methyl sites for hydroxylation is 1. The van der Waals surface area contributed by atoms with Crippen LogP contribution < -0.4 is 5.32 Å². The van der Waals surface area contributed by atoms with Crippen LogP contribution in [-0.4, -0.2) is 12.5 Å². The van der Waals surface area contributed by atoms with Gasteiger partial charge in [-0.15, -0.1) is 0 Å². The van der Waals surface area contributed by atoms with Gasteiger partial charge in [-0.3, -0.25) is 4.79 Å². The Kier molecular flexibility index (Phi) is 7.24. The summed E-state index contributed by atoms with van der Waals surface area (Å²) >= 11 is 0. The van der Waals surface area contributed by atoms with Gasteiger partial charge in [0.05, 0.1) is 0 Å². The maximum atomic E-state index is 11.9. The molecular weight excluding hydrogens is 234 g/mol. The van der Waals surface area contributed by atoms with Crippen LogP contribution in [0.25, 0.3) is 0 Å². The fourth-order valence-corrected chi connectivity index (χ4v) is 2.44. The van der Waals surface area contributed by atoms with Crippen molar-refractivity contribution in [1.29, 1.82) is 0 Å². The molecule has 0 atom stereocenters. The van der Waals surface area contributed by atoms with Crippen LogP contribution in [0.5, 0.6) is 0 Å². The van der Waals surface area contributed by atoms with E-state index in [1.807, 2.05) is 45.0 Å². The van der Waals surface area contributed by atoms with Crippen LogP contribution in [0.1, 0.15) is 63.3 Å². The minimum absolute atomic E-state index is 0. The molecule has 0 aromatic heterocycles. The highest BCUT2D eigenvalue weighted by atomic mass is 16.1. The summed E-state index contributed by atoms with van der Waals surface area (Å²) in [5.41, 5.74) is 1.96. The smallest absolute Gasteiger partial charge is 0.251 e. The zero-order valence-corrected chi connectivity index (χ0v) is 12.5. The van der Waals surface area contributed by atoms with Crippen LogP contribution in [0.3, 0.4) is 0 Å². The van der Waals surface area contributed by atoms with Crippen LogP contribution in [0.2, 0.25) is 0 Å². The predicted octanol–water partition coefficient (Wildman–Crippen LogP) is 4.58. The van der Waals surface area contributed by atoms with Crippen molar-refractivity contribution in [1.82, 2.24) is 5.32 Å². The van der Waals surface area contributed by atoms with E-state index >= 15 is 0 Å². The third-order valence-electron chi connectivity index (χ3n) is 3.59. The normalized spacial score (nSPS) is 15.3. The Morgan fingerprint density at radius 1 is 1.16 bits per heavy atom. The van der Waals surface area contributed by atoms with Crippen molar-refractivity contribution < 1.29 is 6.22 Å². The van der Waals surface area contributed by atoms with Crippen molar-refractivity contribution in [2.75, 3.05) is 6.54 Å². The molecule has 1 amide bonds. The number of amides is 1. The average molecular weight is 263 g/mol. The van der Waals surface area contributed by atoms with Crippen molar-refractivity contribution in [3.8, 4) is 0 Å². The van der Waals surface area contributed by atoms with Crippen molar-refractivity contribution >= 4 is 5.91 Å². The Bertz CT molecular complexity index is 369. The van der Waals surface area contributed by atoms with Crippen LogP contribution in [0.15, 0.2) is 24.3 Å². The Hall–Kier alpha value is -1.31. The lowest BCUT2D eigenvalue weighted by molar-refractivity contribution is 0.0943. The molecule has 2 heteroatoms. The molecule has 2 rings (SSSR count). The predicted molar refractivity (Wildman–Crippen MR) is 83.5 cm³/mol. The fraction of sp³-hybridized carbons (Fsp3) is 0.588. The first-order valence-corrected chi connectivity index (χ1v) is 7.60. The summed E-state index contributed by atoms with van der Waals surface area (Å²) in [6, 6.07) is 7.75. The second-order valence-electron chi connectivity index (χ2n) is 5.08. The monoisotopic (exact) mass is 263 g/mol. The summed E-state index contributed by atoms with van der Waals surface area (Å²) in [5, 5.41) is 3.05. The highest BCUT2D eigenvalue weighted by Crippen LogP contribution is 2.22. The highest BCUT2D eigenvalue weighted by molar-refractivity contribution is 5.94. The Morgan fingerprint density at radius 3 is 2.32 bits per heavy atom. The van der Waals surface area contributed by atoms with E-state index in [-0.39, 0.29) is 7.33 Å². The third kappa shape index (κ3) is 5.46. The molecule has 0 heterocycles. The molecule has 1 aliphatic rings. The largest absolute Gasteiger partial charge is 0.352 e. The molecule has 19 heavy (non-hydrogen) atoms. The first kappa shape index (κ1) is 15.7. The average Bonchev–Trinajstić information content (AvgIpc) is 2.49. The fourth-order valence-electron chi connectivity index (χ4n) is 2.44. The van der Waals surface area contributed by atoms with Gasteiger partial charge in [-0.05, 0) is 37.8 Å². The van der Waals surface area contributed by atoms with Crippen LogP contribution in [-0.2, 0) is 0 Å². The number of rotatable bonds is 3. The lowest BCUT2D eigenvalue weighted by Gasteiger charge is -2.21. The van der Waals surface area contributed by atoms with Crippen molar-refractivity contribution in [3.05, 3.63) is 35.4 Å². The molecule has 0 saturated heterocycles. The number of carbonyl (C=O) groups excluding carboxylic acids is 1. The molecule has 1 aliphatic carbocycles. The Balaban J connectivity index is 0.00000115. The van der Waals surface area contributed by atoms with Crippen molar-refractivity contribution in [2.24, 2.45) is 5.92 Å². The lowest BCUT2D eigenvalue weighted by atomic mass is 9.89. The van der Waals surface area contributed by atoms with E-state index in [9.17, 15) is 4.79 Å². The van der Waals surface area contributed by atoms with Gasteiger partial charge in [-0.25, -0.2) is 0 Å². The SMILES string of the molecule is CC.Cc1ccc(C(=O)NCC2CCCCC2)cc1.[HH]. The van der Waals surface area contributed by atoms with Gasteiger partial charge in [0.2, 0.25) is 0 Å². The molecule has 0 aliphatic heterocycles. The van der Waals surface area contributed by atoms with Gasteiger partial charge in [-0.2, -0.15) is 0 Å². The minimum Gasteiger partial charge on any atom is -0.352 e. The topological polar surface area (TPSA) is 29.1 Å². The molecule has 2 nitrogen and oxygen atoms in total. The number of nitrogens with one attached hydrogen (secondary N) is 1. The van der Waals surface area contributed by atoms with E-state index in [2.05, 4.69) is 5.32 Å². The number of hydrogen-bond acceptors (Lipinski definition) is 1. The molecule has 0 radical (unpaired) electrons. The molecule has 1 N–H and O–H groups in total. The molecule has 0 unspecified atom stereocenters. The van der Waals surface area contributed by atoms with E-state index < -0.39 is 0 Å². The Labute approximate surface area is 119 Å². The minimum atomic E-state index is 0. The summed E-state index contributed by atoms with van der Waals surface area (Å²) in [5.74, 6) is 0.758. The zero-order chi connectivity index (χ0) is 14.1. The molecule has 1 saturated carbocycles.